The molecule has 0 aromatic heterocycles. The molecule has 1 aromatic carbocycles. The van der Waals surface area contributed by atoms with Gasteiger partial charge in [0.15, 0.2) is 0 Å². The van der Waals surface area contributed by atoms with Crippen LogP contribution < -0.4 is 0 Å². The van der Waals surface area contributed by atoms with Gasteiger partial charge in [-0.05, 0) is 37.0 Å². The maximum atomic E-state index is 6.22. The number of hydrogen-bond donors (Lipinski definition) is 0. The first kappa shape index (κ1) is 11.8. The number of thioether (sulfide) groups is 1. The fourth-order valence-corrected chi connectivity index (χ4v) is 4.13. The minimum absolute atomic E-state index is 0.704. The second-order valence-electron chi connectivity index (χ2n) is 4.43. The molecule has 0 unspecified atom stereocenters. The highest BCUT2D eigenvalue weighted by Gasteiger charge is 2.26. The summed E-state index contributed by atoms with van der Waals surface area (Å²) in [5.41, 5.74) is 2.71. The fraction of sp³-hybridized carbons (Fsp3) is 0.385. The lowest BCUT2D eigenvalue weighted by molar-refractivity contribution is 0.391. The summed E-state index contributed by atoms with van der Waals surface area (Å²) in [5, 5.41) is 1.48. The molecule has 1 aliphatic carbocycles. The molecule has 0 saturated carbocycles. The zero-order valence-electron chi connectivity index (χ0n) is 9.38. The van der Waals surface area contributed by atoms with Crippen molar-refractivity contribution < 1.29 is 0 Å². The lowest BCUT2D eigenvalue weighted by Gasteiger charge is -2.21. The maximum absolute atomic E-state index is 6.22. The normalized spacial score (nSPS) is 19.1. The van der Waals surface area contributed by atoms with E-state index in [1.165, 1.54) is 19.3 Å². The summed E-state index contributed by atoms with van der Waals surface area (Å²) in [6, 6.07) is 5.77. The van der Waals surface area contributed by atoms with E-state index in [0.717, 1.165) is 23.0 Å². The quantitative estimate of drug-likeness (QED) is 0.761. The highest BCUT2D eigenvalue weighted by Crippen LogP contribution is 2.43. The highest BCUT2D eigenvalue weighted by atomic mass is 35.5. The molecule has 4 heteroatoms. The summed E-state index contributed by atoms with van der Waals surface area (Å²) in [4.78, 5) is 4.04. The Morgan fingerprint density at radius 1 is 1.24 bits per heavy atom. The predicted molar refractivity (Wildman–Crippen MR) is 75.3 cm³/mol. The zero-order chi connectivity index (χ0) is 11.8. The van der Waals surface area contributed by atoms with Crippen molar-refractivity contribution in [2.24, 2.45) is 0 Å². The van der Waals surface area contributed by atoms with Gasteiger partial charge in [0, 0.05) is 27.2 Å². The first-order valence-corrected chi connectivity index (χ1v) is 7.52. The first-order chi connectivity index (χ1) is 8.24. The largest absolute Gasteiger partial charge is 0.360 e. The molecule has 1 aliphatic heterocycles. The Bertz CT molecular complexity index is 484. The van der Waals surface area contributed by atoms with E-state index >= 15 is 0 Å². The van der Waals surface area contributed by atoms with Crippen molar-refractivity contribution in [3.8, 4) is 0 Å². The minimum Gasteiger partial charge on any atom is -0.360 e. The van der Waals surface area contributed by atoms with Gasteiger partial charge in [0.2, 0.25) is 0 Å². The van der Waals surface area contributed by atoms with Crippen LogP contribution in [0.5, 0.6) is 0 Å². The van der Waals surface area contributed by atoms with Crippen LogP contribution >= 0.6 is 35.0 Å². The average molecular weight is 286 g/mol. The van der Waals surface area contributed by atoms with Crippen molar-refractivity contribution in [1.29, 1.82) is 0 Å². The second kappa shape index (κ2) is 4.75. The van der Waals surface area contributed by atoms with E-state index in [1.807, 2.05) is 30.0 Å². The Balaban J connectivity index is 1.79. The summed E-state index contributed by atoms with van der Waals surface area (Å²) in [6.07, 6.45) is 3.81. The Morgan fingerprint density at radius 3 is 2.94 bits per heavy atom. The maximum Gasteiger partial charge on any atom is 0.0684 e. The first-order valence-electron chi connectivity index (χ1n) is 5.78. The van der Waals surface area contributed by atoms with Crippen LogP contribution in [0, 0.1) is 0 Å². The van der Waals surface area contributed by atoms with Gasteiger partial charge in [-0.2, -0.15) is 0 Å². The van der Waals surface area contributed by atoms with E-state index in [2.05, 4.69) is 4.90 Å². The standard InChI is InChI=1S/C13H13Cl2NS/c14-10-5-4-9(11(15)6-10)7-16-8-17-13-3-1-2-12(13)16/h4-6H,1-3,7-8H2. The van der Waals surface area contributed by atoms with Gasteiger partial charge in [0.1, 0.15) is 0 Å². The number of rotatable bonds is 2. The SMILES string of the molecule is Clc1ccc(CN2CSC3=C2CCC3)c(Cl)c1. The second-order valence-corrected chi connectivity index (χ2v) is 6.31. The van der Waals surface area contributed by atoms with Crippen LogP contribution in [0.15, 0.2) is 28.8 Å². The van der Waals surface area contributed by atoms with Gasteiger partial charge >= 0.3 is 0 Å². The van der Waals surface area contributed by atoms with Gasteiger partial charge < -0.3 is 4.90 Å². The lowest BCUT2D eigenvalue weighted by atomic mass is 10.2. The monoisotopic (exact) mass is 285 g/mol. The molecule has 90 valence electrons. The fourth-order valence-electron chi connectivity index (χ4n) is 2.42. The molecule has 1 nitrogen and oxygen atoms in total. The Labute approximate surface area is 116 Å². The Hall–Kier alpha value is -0.310. The molecule has 0 amide bonds. The smallest absolute Gasteiger partial charge is 0.0684 e. The van der Waals surface area contributed by atoms with Crippen LogP contribution in [0.4, 0.5) is 0 Å². The van der Waals surface area contributed by atoms with Crippen LogP contribution in [0.25, 0.3) is 0 Å². The third-order valence-electron chi connectivity index (χ3n) is 3.29. The third-order valence-corrected chi connectivity index (χ3v) is 5.11. The molecule has 1 aromatic rings. The Kier molecular flexibility index (Phi) is 3.29. The zero-order valence-corrected chi connectivity index (χ0v) is 11.7. The topological polar surface area (TPSA) is 3.24 Å². The number of nitrogens with zero attached hydrogens (tertiary/aromatic N) is 1. The van der Waals surface area contributed by atoms with E-state index in [1.54, 1.807) is 10.6 Å². The average Bonchev–Trinajstić information content (AvgIpc) is 2.86. The van der Waals surface area contributed by atoms with Crippen LogP contribution in [-0.4, -0.2) is 10.8 Å². The molecule has 0 bridgehead atoms. The molecule has 0 spiro atoms. The molecular weight excluding hydrogens is 273 g/mol. The molecule has 1 heterocycles. The summed E-state index contributed by atoms with van der Waals surface area (Å²) >= 11 is 14.1. The molecular formula is C13H13Cl2NS. The molecule has 0 fully saturated rings. The van der Waals surface area contributed by atoms with E-state index in [9.17, 15) is 0 Å². The van der Waals surface area contributed by atoms with E-state index in [4.69, 9.17) is 23.2 Å². The van der Waals surface area contributed by atoms with Crippen molar-refractivity contribution in [2.45, 2.75) is 25.8 Å². The molecule has 3 rings (SSSR count). The van der Waals surface area contributed by atoms with Crippen molar-refractivity contribution in [2.75, 3.05) is 5.88 Å². The number of benzene rings is 1. The van der Waals surface area contributed by atoms with E-state index < -0.39 is 0 Å². The highest BCUT2D eigenvalue weighted by molar-refractivity contribution is 8.03. The number of hydrogen-bond acceptors (Lipinski definition) is 2. The third kappa shape index (κ3) is 2.31. The summed E-state index contributed by atoms with van der Waals surface area (Å²) in [5.74, 6) is 1.07. The summed E-state index contributed by atoms with van der Waals surface area (Å²) in [7, 11) is 0. The summed E-state index contributed by atoms with van der Waals surface area (Å²) in [6.45, 7) is 0.905. The predicted octanol–water partition coefficient (Wildman–Crippen LogP) is 4.90. The van der Waals surface area contributed by atoms with Gasteiger partial charge in [-0.15, -0.1) is 11.8 Å². The van der Waals surface area contributed by atoms with Crippen molar-refractivity contribution >= 4 is 35.0 Å². The van der Waals surface area contributed by atoms with Crippen molar-refractivity contribution in [3.05, 3.63) is 44.4 Å². The minimum atomic E-state index is 0.704. The van der Waals surface area contributed by atoms with Gasteiger partial charge in [-0.25, -0.2) is 0 Å². The van der Waals surface area contributed by atoms with E-state index in [-0.39, 0.29) is 0 Å². The molecule has 0 atom stereocenters. The molecule has 0 saturated heterocycles. The Morgan fingerprint density at radius 2 is 2.12 bits per heavy atom. The summed E-state index contributed by atoms with van der Waals surface area (Å²) < 4.78 is 0. The van der Waals surface area contributed by atoms with Crippen molar-refractivity contribution in [3.63, 3.8) is 0 Å². The molecule has 0 radical (unpaired) electrons. The number of allylic oxidation sites excluding steroid dienone is 2. The van der Waals surface area contributed by atoms with Crippen LogP contribution in [0.1, 0.15) is 24.8 Å². The van der Waals surface area contributed by atoms with Crippen molar-refractivity contribution in [1.82, 2.24) is 4.90 Å². The molecule has 2 aliphatic rings. The van der Waals surface area contributed by atoms with Crippen LogP contribution in [0.2, 0.25) is 10.0 Å². The van der Waals surface area contributed by atoms with Gasteiger partial charge in [-0.1, -0.05) is 29.3 Å². The lowest BCUT2D eigenvalue weighted by Crippen LogP contribution is -2.18. The van der Waals surface area contributed by atoms with E-state index in [0.29, 0.717) is 5.02 Å². The molecule has 0 N–H and O–H groups in total. The van der Waals surface area contributed by atoms with Gasteiger partial charge in [-0.3, -0.25) is 0 Å². The van der Waals surface area contributed by atoms with Crippen LogP contribution in [-0.2, 0) is 6.54 Å². The number of halogens is 2. The van der Waals surface area contributed by atoms with Gasteiger partial charge in [0.05, 0.1) is 5.88 Å². The van der Waals surface area contributed by atoms with Crippen LogP contribution in [0.3, 0.4) is 0 Å². The van der Waals surface area contributed by atoms with Gasteiger partial charge in [0.25, 0.3) is 0 Å². The molecule has 17 heavy (non-hydrogen) atoms.